The number of nitrogens with zero attached hydrogens (tertiary/aromatic N) is 4. The summed E-state index contributed by atoms with van der Waals surface area (Å²) in [7, 11) is 0. The van der Waals surface area contributed by atoms with Crippen LogP contribution in [0.3, 0.4) is 0 Å². The standard InChI is InChI=1S/C21H16FN5O3/c1-11-4-5-12(18-26-21(30-27-18)14-8-15(14)22)7-16(11)25-19(28)17-10-24-20(29-17)13-3-2-6-23-9-13/h2-7,9-10,14-15H,8H2,1H3,(H,25,28)/t14-,15-/m0/s1. The first-order chi connectivity index (χ1) is 14.6. The van der Waals surface area contributed by atoms with Gasteiger partial charge in [0.1, 0.15) is 6.17 Å². The summed E-state index contributed by atoms with van der Waals surface area (Å²) in [6.45, 7) is 1.86. The van der Waals surface area contributed by atoms with Gasteiger partial charge in [0, 0.05) is 23.6 Å². The fraction of sp³-hybridized carbons (Fsp3) is 0.190. The Morgan fingerprint density at radius 1 is 1.23 bits per heavy atom. The fourth-order valence-corrected chi connectivity index (χ4v) is 3.00. The average molecular weight is 405 g/mol. The minimum atomic E-state index is -0.912. The number of hydrogen-bond donors (Lipinski definition) is 1. The number of nitrogens with one attached hydrogen (secondary N) is 1. The molecule has 1 aliphatic rings. The summed E-state index contributed by atoms with van der Waals surface area (Å²) in [6, 6.07) is 8.93. The Morgan fingerprint density at radius 3 is 2.87 bits per heavy atom. The van der Waals surface area contributed by atoms with Crippen molar-refractivity contribution in [3.63, 3.8) is 0 Å². The van der Waals surface area contributed by atoms with Crippen LogP contribution in [0.2, 0.25) is 0 Å². The molecule has 30 heavy (non-hydrogen) atoms. The Hall–Kier alpha value is -3.88. The molecule has 1 saturated carbocycles. The number of aromatic nitrogens is 4. The molecule has 3 heterocycles. The predicted molar refractivity (Wildman–Crippen MR) is 104 cm³/mol. The zero-order valence-corrected chi connectivity index (χ0v) is 15.9. The molecule has 1 aliphatic carbocycles. The van der Waals surface area contributed by atoms with Gasteiger partial charge in [-0.2, -0.15) is 4.98 Å². The molecule has 4 aromatic rings. The third kappa shape index (κ3) is 3.45. The molecule has 1 fully saturated rings. The topological polar surface area (TPSA) is 107 Å². The minimum absolute atomic E-state index is 0.0724. The van der Waals surface area contributed by atoms with E-state index < -0.39 is 12.1 Å². The molecule has 1 amide bonds. The van der Waals surface area contributed by atoms with Gasteiger partial charge >= 0.3 is 0 Å². The maximum Gasteiger partial charge on any atom is 0.293 e. The predicted octanol–water partition coefficient (Wildman–Crippen LogP) is 4.17. The number of benzene rings is 1. The van der Waals surface area contributed by atoms with Crippen LogP contribution in [0.15, 0.2) is 57.9 Å². The second kappa shape index (κ2) is 7.18. The van der Waals surface area contributed by atoms with Gasteiger partial charge in [0.15, 0.2) is 0 Å². The van der Waals surface area contributed by atoms with Gasteiger partial charge < -0.3 is 14.3 Å². The van der Waals surface area contributed by atoms with Gasteiger partial charge in [0.25, 0.3) is 5.91 Å². The summed E-state index contributed by atoms with van der Waals surface area (Å²) in [4.78, 5) is 25.1. The van der Waals surface area contributed by atoms with Gasteiger partial charge in [-0.05, 0) is 37.1 Å². The number of alkyl halides is 1. The summed E-state index contributed by atoms with van der Waals surface area (Å²) in [5.41, 5.74) is 2.73. The lowest BCUT2D eigenvalue weighted by Gasteiger charge is -2.08. The lowest BCUT2D eigenvalue weighted by molar-refractivity contribution is 0.0997. The Bertz CT molecular complexity index is 1220. The number of amides is 1. The summed E-state index contributed by atoms with van der Waals surface area (Å²) >= 11 is 0. The molecule has 0 aliphatic heterocycles. The third-order valence-electron chi connectivity index (χ3n) is 4.85. The Labute approximate surface area is 170 Å². The molecule has 0 unspecified atom stereocenters. The highest BCUT2D eigenvalue weighted by Gasteiger charge is 2.43. The second-order valence-corrected chi connectivity index (χ2v) is 7.07. The maximum absolute atomic E-state index is 13.2. The number of hydrogen-bond acceptors (Lipinski definition) is 7. The number of halogens is 1. The van der Waals surface area contributed by atoms with Crippen LogP contribution in [0.1, 0.15) is 34.3 Å². The Balaban J connectivity index is 1.36. The van der Waals surface area contributed by atoms with Crippen molar-refractivity contribution < 1.29 is 18.1 Å². The van der Waals surface area contributed by atoms with Crippen molar-refractivity contribution in [2.75, 3.05) is 5.32 Å². The number of aryl methyl sites for hydroxylation is 1. The van der Waals surface area contributed by atoms with E-state index in [1.54, 1.807) is 30.6 Å². The van der Waals surface area contributed by atoms with E-state index in [-0.39, 0.29) is 11.7 Å². The number of oxazole rings is 1. The van der Waals surface area contributed by atoms with Gasteiger partial charge in [0.2, 0.25) is 23.4 Å². The molecule has 1 N–H and O–H groups in total. The van der Waals surface area contributed by atoms with E-state index >= 15 is 0 Å². The van der Waals surface area contributed by atoms with Crippen LogP contribution in [-0.2, 0) is 0 Å². The molecular formula is C21H16FN5O3. The van der Waals surface area contributed by atoms with Crippen molar-refractivity contribution in [3.8, 4) is 22.8 Å². The van der Waals surface area contributed by atoms with Crippen molar-refractivity contribution in [3.05, 3.63) is 66.1 Å². The first kappa shape index (κ1) is 18.2. The fourth-order valence-electron chi connectivity index (χ4n) is 3.00. The molecule has 3 aromatic heterocycles. The molecule has 8 nitrogen and oxygen atoms in total. The van der Waals surface area contributed by atoms with E-state index in [2.05, 4.69) is 25.4 Å². The van der Waals surface area contributed by atoms with Crippen molar-refractivity contribution in [1.29, 1.82) is 0 Å². The van der Waals surface area contributed by atoms with E-state index in [0.29, 0.717) is 40.8 Å². The largest absolute Gasteiger partial charge is 0.431 e. The molecule has 1 aromatic carbocycles. The van der Waals surface area contributed by atoms with Crippen LogP contribution in [0, 0.1) is 6.92 Å². The molecule has 0 spiro atoms. The molecule has 9 heteroatoms. The Kier molecular flexibility index (Phi) is 4.35. The Morgan fingerprint density at radius 2 is 2.10 bits per heavy atom. The normalized spacial score (nSPS) is 17.7. The second-order valence-electron chi connectivity index (χ2n) is 7.07. The van der Waals surface area contributed by atoms with Crippen molar-refractivity contribution >= 4 is 11.6 Å². The zero-order valence-electron chi connectivity index (χ0n) is 15.9. The quantitative estimate of drug-likeness (QED) is 0.531. The van der Waals surface area contributed by atoms with Gasteiger partial charge in [-0.25, -0.2) is 9.37 Å². The van der Waals surface area contributed by atoms with Gasteiger partial charge in [-0.1, -0.05) is 17.3 Å². The maximum atomic E-state index is 13.2. The molecule has 2 atom stereocenters. The molecular weight excluding hydrogens is 389 g/mol. The van der Waals surface area contributed by atoms with E-state index in [1.165, 1.54) is 6.20 Å². The molecule has 5 rings (SSSR count). The SMILES string of the molecule is Cc1ccc(-c2noc([C@H]3C[C@@H]3F)n2)cc1NC(=O)c1cnc(-c2cccnc2)o1. The molecule has 0 saturated heterocycles. The van der Waals surface area contributed by atoms with E-state index in [1.807, 2.05) is 19.1 Å². The van der Waals surface area contributed by atoms with Gasteiger partial charge in [0.05, 0.1) is 17.7 Å². The summed E-state index contributed by atoms with van der Waals surface area (Å²) in [6.07, 6.45) is 4.11. The first-order valence-electron chi connectivity index (χ1n) is 9.35. The summed E-state index contributed by atoms with van der Waals surface area (Å²) < 4.78 is 23.9. The lowest BCUT2D eigenvalue weighted by Crippen LogP contribution is -2.12. The van der Waals surface area contributed by atoms with Crippen molar-refractivity contribution in [1.82, 2.24) is 20.1 Å². The number of anilines is 1. The number of carbonyl (C=O) groups is 1. The number of rotatable bonds is 5. The number of carbonyl (C=O) groups excluding carboxylic acids is 1. The average Bonchev–Trinajstić information content (AvgIpc) is 3.17. The van der Waals surface area contributed by atoms with Crippen LogP contribution in [0.25, 0.3) is 22.8 Å². The van der Waals surface area contributed by atoms with Crippen LogP contribution in [0.4, 0.5) is 10.1 Å². The van der Waals surface area contributed by atoms with E-state index in [4.69, 9.17) is 8.94 Å². The zero-order chi connectivity index (χ0) is 20.7. The lowest BCUT2D eigenvalue weighted by atomic mass is 10.1. The van der Waals surface area contributed by atoms with Crippen LogP contribution in [0.5, 0.6) is 0 Å². The van der Waals surface area contributed by atoms with E-state index in [9.17, 15) is 9.18 Å². The highest BCUT2D eigenvalue weighted by Crippen LogP contribution is 2.43. The molecule has 0 bridgehead atoms. The van der Waals surface area contributed by atoms with Gasteiger partial charge in [-0.15, -0.1) is 0 Å². The minimum Gasteiger partial charge on any atom is -0.431 e. The summed E-state index contributed by atoms with van der Waals surface area (Å²) in [5.74, 6) is 0.278. The van der Waals surface area contributed by atoms with Crippen molar-refractivity contribution in [2.24, 2.45) is 0 Å². The van der Waals surface area contributed by atoms with Gasteiger partial charge in [-0.3, -0.25) is 9.78 Å². The van der Waals surface area contributed by atoms with Crippen molar-refractivity contribution in [2.45, 2.75) is 25.4 Å². The highest BCUT2D eigenvalue weighted by atomic mass is 19.1. The van der Waals surface area contributed by atoms with E-state index in [0.717, 1.165) is 5.56 Å². The molecule has 0 radical (unpaired) electrons. The number of pyridine rings is 1. The van der Waals surface area contributed by atoms with Crippen LogP contribution < -0.4 is 5.32 Å². The third-order valence-corrected chi connectivity index (χ3v) is 4.85. The summed E-state index contributed by atoms with van der Waals surface area (Å²) in [5, 5.41) is 6.74. The smallest absolute Gasteiger partial charge is 0.293 e. The van der Waals surface area contributed by atoms with Crippen LogP contribution >= 0.6 is 0 Å². The molecule has 150 valence electrons. The first-order valence-corrected chi connectivity index (χ1v) is 9.35. The highest BCUT2D eigenvalue weighted by molar-refractivity contribution is 6.03. The monoisotopic (exact) mass is 405 g/mol. The van der Waals surface area contributed by atoms with Crippen LogP contribution in [-0.4, -0.2) is 32.2 Å².